The highest BCUT2D eigenvalue weighted by Gasteiger charge is 2.32. The van der Waals surface area contributed by atoms with Crippen molar-refractivity contribution in [3.8, 4) is 0 Å². The molecule has 0 saturated heterocycles. The molecule has 0 atom stereocenters. The van der Waals surface area contributed by atoms with Crippen molar-refractivity contribution in [1.82, 2.24) is 15.5 Å². The minimum Gasteiger partial charge on any atom is -0.338 e. The minimum atomic E-state index is -0.322. The van der Waals surface area contributed by atoms with E-state index in [0.717, 1.165) is 5.39 Å². The van der Waals surface area contributed by atoms with Gasteiger partial charge >= 0.3 is 6.03 Å². The molecule has 23 heavy (non-hydrogen) atoms. The maximum Gasteiger partial charge on any atom is 0.314 e. The largest absolute Gasteiger partial charge is 0.338 e. The Morgan fingerprint density at radius 1 is 1.00 bits per heavy atom. The summed E-state index contributed by atoms with van der Waals surface area (Å²) in [5.41, 5.74) is 1.05. The zero-order valence-electron chi connectivity index (χ0n) is 12.8. The van der Waals surface area contributed by atoms with Gasteiger partial charge < -0.3 is 10.6 Å². The fraction of sp³-hybridized carbons (Fsp3) is 0.235. The van der Waals surface area contributed by atoms with E-state index in [1.165, 1.54) is 4.90 Å². The molecule has 2 aromatic rings. The summed E-state index contributed by atoms with van der Waals surface area (Å²) >= 11 is 0. The van der Waals surface area contributed by atoms with Gasteiger partial charge in [0.05, 0.1) is 0 Å². The molecule has 1 heterocycles. The van der Waals surface area contributed by atoms with Crippen molar-refractivity contribution >= 4 is 28.6 Å². The van der Waals surface area contributed by atoms with Crippen LogP contribution in [0.15, 0.2) is 36.4 Å². The van der Waals surface area contributed by atoms with Gasteiger partial charge in [-0.25, -0.2) is 4.79 Å². The molecule has 0 bridgehead atoms. The normalized spacial score (nSPS) is 13.3. The molecule has 6 nitrogen and oxygen atoms in total. The van der Waals surface area contributed by atoms with Crippen LogP contribution in [0.25, 0.3) is 10.8 Å². The Labute approximate surface area is 133 Å². The molecule has 0 aliphatic carbocycles. The number of imide groups is 1. The first-order valence-electron chi connectivity index (χ1n) is 7.53. The fourth-order valence-electron chi connectivity index (χ4n) is 2.79. The summed E-state index contributed by atoms with van der Waals surface area (Å²) in [4.78, 5) is 37.8. The van der Waals surface area contributed by atoms with Crippen molar-refractivity contribution in [3.05, 3.63) is 47.5 Å². The highest BCUT2D eigenvalue weighted by atomic mass is 16.2. The van der Waals surface area contributed by atoms with Crippen molar-refractivity contribution in [2.24, 2.45) is 0 Å². The van der Waals surface area contributed by atoms with Crippen LogP contribution in [-0.2, 0) is 0 Å². The third-order valence-corrected chi connectivity index (χ3v) is 3.81. The van der Waals surface area contributed by atoms with Crippen LogP contribution in [-0.4, -0.2) is 42.4 Å². The molecule has 1 aliphatic heterocycles. The minimum absolute atomic E-state index is 0.138. The van der Waals surface area contributed by atoms with Gasteiger partial charge in [-0.15, -0.1) is 0 Å². The predicted molar refractivity (Wildman–Crippen MR) is 86.4 cm³/mol. The Hall–Kier alpha value is -2.89. The van der Waals surface area contributed by atoms with Gasteiger partial charge in [-0.3, -0.25) is 14.5 Å². The van der Waals surface area contributed by atoms with Crippen LogP contribution in [0.3, 0.4) is 0 Å². The van der Waals surface area contributed by atoms with Crippen LogP contribution < -0.4 is 10.6 Å². The van der Waals surface area contributed by atoms with E-state index in [9.17, 15) is 14.4 Å². The van der Waals surface area contributed by atoms with Crippen molar-refractivity contribution in [3.63, 3.8) is 0 Å². The Morgan fingerprint density at radius 2 is 1.61 bits per heavy atom. The zero-order valence-corrected chi connectivity index (χ0v) is 12.8. The van der Waals surface area contributed by atoms with Crippen LogP contribution >= 0.6 is 0 Å². The number of amides is 4. The highest BCUT2D eigenvalue weighted by molar-refractivity contribution is 6.25. The average Bonchev–Trinajstić information content (AvgIpc) is 2.56. The van der Waals surface area contributed by atoms with Crippen molar-refractivity contribution in [2.45, 2.75) is 6.92 Å². The quantitative estimate of drug-likeness (QED) is 0.845. The molecule has 6 heteroatoms. The monoisotopic (exact) mass is 311 g/mol. The summed E-state index contributed by atoms with van der Waals surface area (Å²) in [6.45, 7) is 2.68. The summed E-state index contributed by atoms with van der Waals surface area (Å²) in [6, 6.07) is 10.5. The SMILES string of the molecule is CCNC(=O)NCCN1C(=O)c2cccc3cccc(c23)C1=O. The zero-order chi connectivity index (χ0) is 16.4. The van der Waals surface area contributed by atoms with Gasteiger partial charge in [0.1, 0.15) is 0 Å². The number of hydrogen-bond donors (Lipinski definition) is 2. The maximum atomic E-state index is 12.6. The molecule has 0 saturated carbocycles. The first kappa shape index (κ1) is 15.0. The second-order valence-electron chi connectivity index (χ2n) is 5.26. The van der Waals surface area contributed by atoms with Crippen LogP contribution in [0.4, 0.5) is 4.79 Å². The van der Waals surface area contributed by atoms with Crippen LogP contribution in [0, 0.1) is 0 Å². The molecule has 2 aromatic carbocycles. The average molecular weight is 311 g/mol. The summed E-state index contributed by atoms with van der Waals surface area (Å²) < 4.78 is 0. The van der Waals surface area contributed by atoms with Crippen LogP contribution in [0.1, 0.15) is 27.6 Å². The molecule has 1 aliphatic rings. The number of rotatable bonds is 4. The van der Waals surface area contributed by atoms with E-state index in [4.69, 9.17) is 0 Å². The molecule has 0 unspecified atom stereocenters. The molecule has 0 radical (unpaired) electrons. The summed E-state index contributed by atoms with van der Waals surface area (Å²) in [5, 5.41) is 6.81. The van der Waals surface area contributed by atoms with E-state index >= 15 is 0 Å². The van der Waals surface area contributed by atoms with Gasteiger partial charge in [0, 0.05) is 36.1 Å². The van der Waals surface area contributed by atoms with Gasteiger partial charge in [0.25, 0.3) is 11.8 Å². The van der Waals surface area contributed by atoms with Crippen LogP contribution in [0.5, 0.6) is 0 Å². The van der Waals surface area contributed by atoms with Gasteiger partial charge in [-0.05, 0) is 24.4 Å². The Bertz CT molecular complexity index is 750. The van der Waals surface area contributed by atoms with E-state index in [2.05, 4.69) is 10.6 Å². The Morgan fingerprint density at radius 3 is 2.17 bits per heavy atom. The van der Waals surface area contributed by atoms with E-state index < -0.39 is 0 Å². The lowest BCUT2D eigenvalue weighted by Gasteiger charge is -2.27. The lowest BCUT2D eigenvalue weighted by Crippen LogP contribution is -2.46. The smallest absolute Gasteiger partial charge is 0.314 e. The van der Waals surface area contributed by atoms with E-state index in [0.29, 0.717) is 23.1 Å². The molecule has 0 fully saturated rings. The molecule has 0 aromatic heterocycles. The number of carbonyl (C=O) groups is 3. The molecule has 0 spiro atoms. The van der Waals surface area contributed by atoms with E-state index in [-0.39, 0.29) is 30.9 Å². The third-order valence-electron chi connectivity index (χ3n) is 3.81. The highest BCUT2D eigenvalue weighted by Crippen LogP contribution is 2.29. The van der Waals surface area contributed by atoms with Gasteiger partial charge in [0.2, 0.25) is 0 Å². The third kappa shape index (κ3) is 2.63. The number of nitrogens with zero attached hydrogens (tertiary/aromatic N) is 1. The molecular formula is C17H17N3O3. The summed E-state index contributed by atoms with van der Waals surface area (Å²) in [7, 11) is 0. The molecule has 2 N–H and O–H groups in total. The van der Waals surface area contributed by atoms with Crippen molar-refractivity contribution in [1.29, 1.82) is 0 Å². The number of nitrogens with one attached hydrogen (secondary N) is 2. The Kier molecular flexibility index (Phi) is 3.97. The topological polar surface area (TPSA) is 78.5 Å². The van der Waals surface area contributed by atoms with Gasteiger partial charge in [-0.2, -0.15) is 0 Å². The lowest BCUT2D eigenvalue weighted by atomic mass is 9.94. The second kappa shape index (κ2) is 6.08. The fourth-order valence-corrected chi connectivity index (χ4v) is 2.79. The van der Waals surface area contributed by atoms with Gasteiger partial charge in [0.15, 0.2) is 0 Å². The predicted octanol–water partition coefficient (Wildman–Crippen LogP) is 1.75. The number of urea groups is 1. The second-order valence-corrected chi connectivity index (χ2v) is 5.26. The first-order valence-corrected chi connectivity index (χ1v) is 7.53. The first-order chi connectivity index (χ1) is 11.1. The number of carbonyl (C=O) groups excluding carboxylic acids is 3. The van der Waals surface area contributed by atoms with Crippen molar-refractivity contribution < 1.29 is 14.4 Å². The molecule has 3 rings (SSSR count). The summed E-state index contributed by atoms with van der Waals surface area (Å²) in [5.74, 6) is -0.644. The Balaban J connectivity index is 1.84. The molecular weight excluding hydrogens is 294 g/mol. The van der Waals surface area contributed by atoms with E-state index in [1.54, 1.807) is 24.3 Å². The molecule has 118 valence electrons. The van der Waals surface area contributed by atoms with Crippen LogP contribution in [0.2, 0.25) is 0 Å². The van der Waals surface area contributed by atoms with Crippen molar-refractivity contribution in [2.75, 3.05) is 19.6 Å². The number of hydrogen-bond acceptors (Lipinski definition) is 3. The van der Waals surface area contributed by atoms with Gasteiger partial charge in [-0.1, -0.05) is 24.3 Å². The maximum absolute atomic E-state index is 12.6. The van der Waals surface area contributed by atoms with E-state index in [1.807, 2.05) is 19.1 Å². The standard InChI is InChI=1S/C17H17N3O3/c1-2-18-17(23)19-9-10-20-15(21)12-7-3-5-11-6-4-8-13(14(11)12)16(20)22/h3-8H,2,9-10H2,1H3,(H2,18,19,23). The number of benzene rings is 2. The molecule has 4 amide bonds. The summed E-state index contributed by atoms with van der Waals surface area (Å²) in [6.07, 6.45) is 0. The lowest BCUT2D eigenvalue weighted by molar-refractivity contribution is 0.0612.